The Hall–Kier alpha value is -1.50. The Morgan fingerprint density at radius 1 is 1.09 bits per heavy atom. The molecule has 1 fully saturated rings. The molecule has 0 unspecified atom stereocenters. The van der Waals surface area contributed by atoms with Crippen LogP contribution in [-0.4, -0.2) is 40.0 Å². The zero-order valence-electron chi connectivity index (χ0n) is 14.2. The number of rotatable bonds is 4. The third-order valence-electron chi connectivity index (χ3n) is 3.84. The number of amides is 2. The number of hydrogen-bond acceptors (Lipinski definition) is 5. The summed E-state index contributed by atoms with van der Waals surface area (Å²) in [5, 5.41) is 12.2. The number of anilines is 1. The highest BCUT2D eigenvalue weighted by atomic mass is 32.1. The highest BCUT2D eigenvalue weighted by molar-refractivity contribution is 7.15. The van der Waals surface area contributed by atoms with Gasteiger partial charge in [0.1, 0.15) is 5.01 Å². The van der Waals surface area contributed by atoms with Gasteiger partial charge < -0.3 is 10.2 Å². The average molecular weight is 338 g/mol. The first-order valence-electron chi connectivity index (χ1n) is 8.28. The second kappa shape index (κ2) is 7.86. The standard InChI is InChI=1S/C16H26N4O2S/c1-16(2,3)14-18-19-15(23-14)17-12(21)8-9-13(22)20-10-6-4-5-7-11-20/h4-11H2,1-3H3,(H,17,19,21). The lowest BCUT2D eigenvalue weighted by atomic mass is 9.98. The molecule has 0 spiro atoms. The molecule has 0 atom stereocenters. The first kappa shape index (κ1) is 17.8. The minimum atomic E-state index is -0.176. The van der Waals surface area contributed by atoms with E-state index in [1.54, 1.807) is 0 Å². The van der Waals surface area contributed by atoms with Gasteiger partial charge in [0, 0.05) is 31.3 Å². The lowest BCUT2D eigenvalue weighted by Gasteiger charge is -2.19. The van der Waals surface area contributed by atoms with Crippen LogP contribution in [0.15, 0.2) is 0 Å². The largest absolute Gasteiger partial charge is 0.343 e. The fourth-order valence-corrected chi connectivity index (χ4v) is 3.27. The summed E-state index contributed by atoms with van der Waals surface area (Å²) in [4.78, 5) is 26.0. The molecule has 0 saturated carbocycles. The molecule has 0 aromatic carbocycles. The van der Waals surface area contributed by atoms with Gasteiger partial charge in [0.25, 0.3) is 0 Å². The number of aromatic nitrogens is 2. The van der Waals surface area contributed by atoms with Gasteiger partial charge in [-0.2, -0.15) is 0 Å². The van der Waals surface area contributed by atoms with E-state index < -0.39 is 0 Å². The van der Waals surface area contributed by atoms with Crippen LogP contribution in [0.2, 0.25) is 0 Å². The molecule has 1 N–H and O–H groups in total. The van der Waals surface area contributed by atoms with E-state index in [4.69, 9.17) is 0 Å². The van der Waals surface area contributed by atoms with Gasteiger partial charge in [-0.3, -0.25) is 9.59 Å². The second-order valence-electron chi connectivity index (χ2n) is 7.01. The normalized spacial score (nSPS) is 16.0. The van der Waals surface area contributed by atoms with E-state index in [1.165, 1.54) is 24.2 Å². The van der Waals surface area contributed by atoms with E-state index in [0.29, 0.717) is 5.13 Å². The number of likely N-dealkylation sites (tertiary alicyclic amines) is 1. The topological polar surface area (TPSA) is 75.2 Å². The van der Waals surface area contributed by atoms with Gasteiger partial charge in [0.05, 0.1) is 0 Å². The van der Waals surface area contributed by atoms with E-state index in [0.717, 1.165) is 30.9 Å². The van der Waals surface area contributed by atoms with Crippen molar-refractivity contribution in [1.82, 2.24) is 15.1 Å². The molecule has 0 aliphatic carbocycles. The summed E-state index contributed by atoms with van der Waals surface area (Å²) in [5.41, 5.74) is -0.0800. The molecular weight excluding hydrogens is 312 g/mol. The van der Waals surface area contributed by atoms with Gasteiger partial charge in [0.15, 0.2) is 0 Å². The molecule has 2 rings (SSSR count). The lowest BCUT2D eigenvalue weighted by Crippen LogP contribution is -2.32. The smallest absolute Gasteiger partial charge is 0.226 e. The monoisotopic (exact) mass is 338 g/mol. The first-order valence-corrected chi connectivity index (χ1v) is 9.09. The molecule has 1 aromatic heterocycles. The Morgan fingerprint density at radius 3 is 2.30 bits per heavy atom. The van der Waals surface area contributed by atoms with Crippen molar-refractivity contribution in [1.29, 1.82) is 0 Å². The summed E-state index contributed by atoms with van der Waals surface area (Å²) in [6, 6.07) is 0. The van der Waals surface area contributed by atoms with E-state index in [2.05, 4.69) is 36.3 Å². The Labute approximate surface area is 141 Å². The summed E-state index contributed by atoms with van der Waals surface area (Å²) in [5.74, 6) is -0.0977. The van der Waals surface area contributed by atoms with Crippen molar-refractivity contribution in [3.05, 3.63) is 5.01 Å². The number of carbonyl (C=O) groups is 2. The summed E-state index contributed by atoms with van der Waals surface area (Å²) in [6.07, 6.45) is 4.97. The minimum Gasteiger partial charge on any atom is -0.343 e. The van der Waals surface area contributed by atoms with Crippen molar-refractivity contribution in [2.24, 2.45) is 0 Å². The average Bonchev–Trinajstić information content (AvgIpc) is 2.79. The van der Waals surface area contributed by atoms with E-state index in [-0.39, 0.29) is 30.1 Å². The molecule has 128 valence electrons. The van der Waals surface area contributed by atoms with Crippen LogP contribution in [-0.2, 0) is 15.0 Å². The second-order valence-corrected chi connectivity index (χ2v) is 7.98. The van der Waals surface area contributed by atoms with Crippen molar-refractivity contribution >= 4 is 28.3 Å². The molecule has 2 amide bonds. The summed E-state index contributed by atoms with van der Waals surface area (Å²) >= 11 is 1.38. The maximum Gasteiger partial charge on any atom is 0.226 e. The van der Waals surface area contributed by atoms with Crippen LogP contribution in [0, 0.1) is 0 Å². The molecule has 0 bridgehead atoms. The Bertz CT molecular complexity index is 543. The number of carbonyl (C=O) groups excluding carboxylic acids is 2. The SMILES string of the molecule is CC(C)(C)c1nnc(NC(=O)CCC(=O)N2CCCCCC2)s1. The van der Waals surface area contributed by atoms with Crippen molar-refractivity contribution in [3.8, 4) is 0 Å². The fourth-order valence-electron chi connectivity index (χ4n) is 2.46. The van der Waals surface area contributed by atoms with Crippen LogP contribution in [0.3, 0.4) is 0 Å². The van der Waals surface area contributed by atoms with Crippen molar-refractivity contribution in [3.63, 3.8) is 0 Å². The van der Waals surface area contributed by atoms with E-state index in [9.17, 15) is 9.59 Å². The van der Waals surface area contributed by atoms with E-state index in [1.807, 2.05) is 4.90 Å². The zero-order chi connectivity index (χ0) is 16.9. The maximum atomic E-state index is 12.2. The van der Waals surface area contributed by atoms with Gasteiger partial charge in [-0.05, 0) is 12.8 Å². The first-order chi connectivity index (χ1) is 10.9. The zero-order valence-corrected chi connectivity index (χ0v) is 15.0. The fraction of sp³-hybridized carbons (Fsp3) is 0.750. The summed E-state index contributed by atoms with van der Waals surface area (Å²) in [6.45, 7) is 7.81. The Morgan fingerprint density at radius 2 is 1.74 bits per heavy atom. The van der Waals surface area contributed by atoms with Crippen LogP contribution in [0.5, 0.6) is 0 Å². The maximum absolute atomic E-state index is 12.2. The summed E-state index contributed by atoms with van der Waals surface area (Å²) in [7, 11) is 0. The predicted octanol–water partition coefficient (Wildman–Crippen LogP) is 2.96. The molecule has 1 aliphatic heterocycles. The van der Waals surface area contributed by atoms with Crippen LogP contribution in [0.25, 0.3) is 0 Å². The number of nitrogens with zero attached hydrogens (tertiary/aromatic N) is 3. The van der Waals surface area contributed by atoms with Crippen LogP contribution in [0.4, 0.5) is 5.13 Å². The van der Waals surface area contributed by atoms with Gasteiger partial charge in [-0.15, -0.1) is 10.2 Å². The van der Waals surface area contributed by atoms with Crippen molar-refractivity contribution < 1.29 is 9.59 Å². The Kier molecular flexibility index (Phi) is 6.10. The van der Waals surface area contributed by atoms with E-state index >= 15 is 0 Å². The number of nitrogens with one attached hydrogen (secondary N) is 1. The predicted molar refractivity (Wildman–Crippen MR) is 91.5 cm³/mol. The number of hydrogen-bond donors (Lipinski definition) is 1. The summed E-state index contributed by atoms with van der Waals surface area (Å²) < 4.78 is 0. The molecule has 6 nitrogen and oxygen atoms in total. The highest BCUT2D eigenvalue weighted by Gasteiger charge is 2.21. The minimum absolute atomic E-state index is 0.0784. The van der Waals surface area contributed by atoms with Crippen molar-refractivity contribution in [2.75, 3.05) is 18.4 Å². The molecular formula is C16H26N4O2S. The van der Waals surface area contributed by atoms with Crippen LogP contribution < -0.4 is 5.32 Å². The van der Waals surface area contributed by atoms with Crippen molar-refractivity contribution in [2.45, 2.75) is 64.7 Å². The third-order valence-corrected chi connectivity index (χ3v) is 5.10. The van der Waals surface area contributed by atoms with Gasteiger partial charge >= 0.3 is 0 Å². The molecule has 0 radical (unpaired) electrons. The highest BCUT2D eigenvalue weighted by Crippen LogP contribution is 2.27. The third kappa shape index (κ3) is 5.57. The lowest BCUT2D eigenvalue weighted by molar-refractivity contribution is -0.132. The van der Waals surface area contributed by atoms with Crippen LogP contribution >= 0.6 is 11.3 Å². The molecule has 1 aliphatic rings. The van der Waals surface area contributed by atoms with Gasteiger partial charge in [0.2, 0.25) is 16.9 Å². The van der Waals surface area contributed by atoms with Gasteiger partial charge in [-0.1, -0.05) is 44.9 Å². The molecule has 23 heavy (non-hydrogen) atoms. The molecule has 1 saturated heterocycles. The molecule has 1 aromatic rings. The molecule has 2 heterocycles. The van der Waals surface area contributed by atoms with Gasteiger partial charge in [-0.25, -0.2) is 0 Å². The molecule has 7 heteroatoms. The van der Waals surface area contributed by atoms with Crippen LogP contribution in [0.1, 0.15) is 64.3 Å². The Balaban J connectivity index is 1.78. The quantitative estimate of drug-likeness (QED) is 0.916.